The van der Waals surface area contributed by atoms with Crippen LogP contribution in [0.25, 0.3) is 0 Å². The van der Waals surface area contributed by atoms with Crippen LogP contribution in [0.3, 0.4) is 0 Å². The highest BCUT2D eigenvalue weighted by Gasteiger charge is 2.10. The van der Waals surface area contributed by atoms with Crippen LogP contribution in [0, 0.1) is 6.92 Å². The molecule has 4 heteroatoms. The summed E-state index contributed by atoms with van der Waals surface area (Å²) in [5.74, 6) is 0.0322. The van der Waals surface area contributed by atoms with Crippen molar-refractivity contribution in [3.05, 3.63) is 35.4 Å². The highest BCUT2D eigenvalue weighted by atomic mass is 16.2. The second-order valence-electron chi connectivity index (χ2n) is 5.73. The molecule has 0 atom stereocenters. The van der Waals surface area contributed by atoms with E-state index in [-0.39, 0.29) is 11.8 Å². The number of nitrogens with zero attached hydrogens (tertiary/aromatic N) is 1. The minimum atomic E-state index is -0.0117. The molecule has 0 radical (unpaired) electrons. The molecule has 0 bridgehead atoms. The van der Waals surface area contributed by atoms with Crippen LogP contribution >= 0.6 is 0 Å². The molecule has 2 amide bonds. The van der Waals surface area contributed by atoms with E-state index < -0.39 is 0 Å². The second-order valence-corrected chi connectivity index (χ2v) is 5.73. The van der Waals surface area contributed by atoms with Crippen molar-refractivity contribution in [3.63, 3.8) is 0 Å². The van der Waals surface area contributed by atoms with Crippen molar-refractivity contribution >= 4 is 11.8 Å². The third kappa shape index (κ3) is 7.25. The van der Waals surface area contributed by atoms with Gasteiger partial charge in [-0.2, -0.15) is 0 Å². The maximum atomic E-state index is 11.9. The van der Waals surface area contributed by atoms with E-state index in [1.165, 1.54) is 5.56 Å². The van der Waals surface area contributed by atoms with Gasteiger partial charge in [-0.3, -0.25) is 9.59 Å². The summed E-state index contributed by atoms with van der Waals surface area (Å²) < 4.78 is 0. The third-order valence-corrected chi connectivity index (χ3v) is 3.70. The molecular weight excluding hydrogens is 276 g/mol. The molecular formula is C18H28N2O2. The van der Waals surface area contributed by atoms with Gasteiger partial charge in [0, 0.05) is 33.0 Å². The van der Waals surface area contributed by atoms with E-state index in [2.05, 4.69) is 12.2 Å². The average Bonchev–Trinajstić information content (AvgIpc) is 2.49. The van der Waals surface area contributed by atoms with Crippen molar-refractivity contribution in [2.75, 3.05) is 13.1 Å². The predicted octanol–water partition coefficient (Wildman–Crippen LogP) is 3.04. The molecule has 0 aliphatic carbocycles. The molecule has 0 aliphatic heterocycles. The van der Waals surface area contributed by atoms with Crippen molar-refractivity contribution in [2.24, 2.45) is 0 Å². The Bertz CT molecular complexity index is 468. The zero-order chi connectivity index (χ0) is 16.4. The van der Waals surface area contributed by atoms with E-state index in [0.29, 0.717) is 19.5 Å². The van der Waals surface area contributed by atoms with Crippen LogP contribution in [0.1, 0.15) is 50.7 Å². The van der Waals surface area contributed by atoms with Gasteiger partial charge in [-0.05, 0) is 18.9 Å². The summed E-state index contributed by atoms with van der Waals surface area (Å²) in [6, 6.07) is 8.10. The predicted molar refractivity (Wildman–Crippen MR) is 89.4 cm³/mol. The summed E-state index contributed by atoms with van der Waals surface area (Å²) in [6.45, 7) is 7.52. The molecule has 1 aromatic rings. The van der Waals surface area contributed by atoms with Crippen LogP contribution in [-0.4, -0.2) is 29.8 Å². The molecule has 0 aliphatic rings. The summed E-state index contributed by atoms with van der Waals surface area (Å²) in [5.41, 5.74) is 2.30. The SMILES string of the molecule is CCCCCN(CCC(=O)NCc1ccc(C)cc1)C(C)=O. The lowest BCUT2D eigenvalue weighted by Crippen LogP contribution is -2.34. The lowest BCUT2D eigenvalue weighted by Gasteiger charge is -2.20. The van der Waals surface area contributed by atoms with E-state index in [1.807, 2.05) is 31.2 Å². The van der Waals surface area contributed by atoms with Crippen LogP contribution in [0.2, 0.25) is 0 Å². The fraction of sp³-hybridized carbons (Fsp3) is 0.556. The minimum absolute atomic E-state index is 0.0117. The standard InChI is InChI=1S/C18H28N2O2/c1-4-5-6-12-20(16(3)21)13-11-18(22)19-14-17-9-7-15(2)8-10-17/h7-10H,4-6,11-14H2,1-3H3,(H,19,22). The molecule has 0 fully saturated rings. The van der Waals surface area contributed by atoms with Gasteiger partial charge >= 0.3 is 0 Å². The number of rotatable bonds is 9. The Balaban J connectivity index is 2.30. The van der Waals surface area contributed by atoms with Crippen LogP contribution in [0.5, 0.6) is 0 Å². The van der Waals surface area contributed by atoms with E-state index in [4.69, 9.17) is 0 Å². The molecule has 22 heavy (non-hydrogen) atoms. The van der Waals surface area contributed by atoms with Gasteiger partial charge in [0.2, 0.25) is 11.8 Å². The summed E-state index contributed by atoms with van der Waals surface area (Å²) in [6.07, 6.45) is 3.60. The quantitative estimate of drug-likeness (QED) is 0.713. The maximum absolute atomic E-state index is 11.9. The molecule has 1 rings (SSSR count). The Kier molecular flexibility index (Phi) is 8.26. The first kappa shape index (κ1) is 18.2. The van der Waals surface area contributed by atoms with Gasteiger partial charge in [-0.1, -0.05) is 49.6 Å². The van der Waals surface area contributed by atoms with Crippen molar-refractivity contribution in [1.82, 2.24) is 10.2 Å². The van der Waals surface area contributed by atoms with E-state index in [1.54, 1.807) is 11.8 Å². The van der Waals surface area contributed by atoms with Crippen molar-refractivity contribution in [3.8, 4) is 0 Å². The smallest absolute Gasteiger partial charge is 0.222 e. The topological polar surface area (TPSA) is 49.4 Å². The zero-order valence-corrected chi connectivity index (χ0v) is 14.0. The lowest BCUT2D eigenvalue weighted by molar-refractivity contribution is -0.129. The molecule has 0 unspecified atom stereocenters. The number of hydrogen-bond donors (Lipinski definition) is 1. The molecule has 4 nitrogen and oxygen atoms in total. The Morgan fingerprint density at radius 3 is 2.36 bits per heavy atom. The number of carbonyl (C=O) groups is 2. The molecule has 1 N–H and O–H groups in total. The van der Waals surface area contributed by atoms with E-state index in [0.717, 1.165) is 31.4 Å². The van der Waals surface area contributed by atoms with Crippen LogP contribution in [0.4, 0.5) is 0 Å². The fourth-order valence-corrected chi connectivity index (χ4v) is 2.21. The fourth-order valence-electron chi connectivity index (χ4n) is 2.21. The first-order valence-electron chi connectivity index (χ1n) is 8.10. The Hall–Kier alpha value is -1.84. The van der Waals surface area contributed by atoms with Gasteiger partial charge in [0.25, 0.3) is 0 Å². The number of nitrogens with one attached hydrogen (secondary N) is 1. The summed E-state index contributed by atoms with van der Waals surface area (Å²) in [4.78, 5) is 25.2. The Morgan fingerprint density at radius 1 is 1.09 bits per heavy atom. The minimum Gasteiger partial charge on any atom is -0.352 e. The van der Waals surface area contributed by atoms with Gasteiger partial charge < -0.3 is 10.2 Å². The number of amides is 2. The monoisotopic (exact) mass is 304 g/mol. The largest absolute Gasteiger partial charge is 0.352 e. The van der Waals surface area contributed by atoms with Crippen LogP contribution < -0.4 is 5.32 Å². The van der Waals surface area contributed by atoms with Gasteiger partial charge in [-0.15, -0.1) is 0 Å². The summed E-state index contributed by atoms with van der Waals surface area (Å²) in [5, 5.41) is 2.90. The molecule has 0 heterocycles. The van der Waals surface area contributed by atoms with Gasteiger partial charge in [-0.25, -0.2) is 0 Å². The lowest BCUT2D eigenvalue weighted by atomic mass is 10.1. The molecule has 0 aromatic heterocycles. The van der Waals surface area contributed by atoms with Crippen LogP contribution in [-0.2, 0) is 16.1 Å². The van der Waals surface area contributed by atoms with Gasteiger partial charge in [0.05, 0.1) is 0 Å². The third-order valence-electron chi connectivity index (χ3n) is 3.70. The Labute approximate surface area is 133 Å². The number of aryl methyl sites for hydroxylation is 1. The number of benzene rings is 1. The second kappa shape index (κ2) is 9.98. The number of unbranched alkanes of at least 4 members (excludes halogenated alkanes) is 2. The van der Waals surface area contributed by atoms with Crippen molar-refractivity contribution < 1.29 is 9.59 Å². The first-order valence-corrected chi connectivity index (χ1v) is 8.10. The maximum Gasteiger partial charge on any atom is 0.222 e. The summed E-state index contributed by atoms with van der Waals surface area (Å²) >= 11 is 0. The Morgan fingerprint density at radius 2 is 1.77 bits per heavy atom. The normalized spacial score (nSPS) is 10.3. The molecule has 1 aromatic carbocycles. The van der Waals surface area contributed by atoms with Gasteiger partial charge in [0.1, 0.15) is 0 Å². The van der Waals surface area contributed by atoms with Crippen molar-refractivity contribution in [1.29, 1.82) is 0 Å². The molecule has 0 saturated carbocycles. The molecule has 122 valence electrons. The van der Waals surface area contributed by atoms with Crippen LogP contribution in [0.15, 0.2) is 24.3 Å². The highest BCUT2D eigenvalue weighted by Crippen LogP contribution is 2.03. The van der Waals surface area contributed by atoms with E-state index in [9.17, 15) is 9.59 Å². The number of carbonyl (C=O) groups excluding carboxylic acids is 2. The zero-order valence-electron chi connectivity index (χ0n) is 14.0. The van der Waals surface area contributed by atoms with E-state index >= 15 is 0 Å². The molecule has 0 spiro atoms. The highest BCUT2D eigenvalue weighted by molar-refractivity contribution is 5.78. The average molecular weight is 304 g/mol. The first-order chi connectivity index (χ1) is 10.5. The van der Waals surface area contributed by atoms with Gasteiger partial charge in [0.15, 0.2) is 0 Å². The number of hydrogen-bond acceptors (Lipinski definition) is 2. The van der Waals surface area contributed by atoms with Crippen molar-refractivity contribution in [2.45, 2.75) is 53.0 Å². The summed E-state index contributed by atoms with van der Waals surface area (Å²) in [7, 11) is 0. The molecule has 0 saturated heterocycles.